The average molecular weight is 428 g/mol. The molecule has 1 fully saturated rings. The van der Waals surface area contributed by atoms with Crippen LogP contribution < -0.4 is 5.73 Å². The van der Waals surface area contributed by atoms with Crippen molar-refractivity contribution in [2.45, 2.75) is 18.8 Å². The zero-order valence-electron chi connectivity index (χ0n) is 17.1. The van der Waals surface area contributed by atoms with Gasteiger partial charge in [-0.15, -0.1) is 0 Å². The van der Waals surface area contributed by atoms with Gasteiger partial charge < -0.3 is 15.6 Å². The van der Waals surface area contributed by atoms with E-state index in [2.05, 4.69) is 37.0 Å². The number of nitrogens with one attached hydrogen (secondary N) is 1. The topological polar surface area (TPSA) is 131 Å². The number of benzene rings is 1. The fourth-order valence-electron chi connectivity index (χ4n) is 4.53. The molecule has 0 aliphatic carbocycles. The molecule has 0 bridgehead atoms. The Morgan fingerprint density at radius 1 is 1.22 bits per heavy atom. The summed E-state index contributed by atoms with van der Waals surface area (Å²) in [7, 11) is 0. The van der Waals surface area contributed by atoms with Gasteiger partial charge >= 0.3 is 0 Å². The molecule has 10 heteroatoms. The first-order valence-electron chi connectivity index (χ1n) is 10.5. The molecule has 160 valence electrons. The molecule has 0 saturated carbocycles. The monoisotopic (exact) mass is 428 g/mol. The number of nitrogen functional groups attached to an aromatic ring is 1. The Hall–Kier alpha value is -4.21. The maximum Gasteiger partial charge on any atom is 0.277 e. The fourth-order valence-corrected chi connectivity index (χ4v) is 4.53. The van der Waals surface area contributed by atoms with E-state index in [1.54, 1.807) is 11.1 Å². The largest absolute Gasteiger partial charge is 0.382 e. The van der Waals surface area contributed by atoms with Crippen LogP contribution in [-0.2, 0) is 0 Å². The highest BCUT2D eigenvalue weighted by Gasteiger charge is 2.30. The molecule has 1 amide bonds. The first kappa shape index (κ1) is 18.6. The Bertz CT molecular complexity index is 1390. The van der Waals surface area contributed by atoms with Gasteiger partial charge in [-0.3, -0.25) is 9.20 Å². The second-order valence-corrected chi connectivity index (χ2v) is 7.98. The van der Waals surface area contributed by atoms with Gasteiger partial charge in [-0.2, -0.15) is 0 Å². The van der Waals surface area contributed by atoms with E-state index < -0.39 is 0 Å². The van der Waals surface area contributed by atoms with Crippen LogP contribution in [0.4, 0.5) is 5.82 Å². The first-order valence-corrected chi connectivity index (χ1v) is 10.5. The van der Waals surface area contributed by atoms with E-state index in [0.29, 0.717) is 18.9 Å². The van der Waals surface area contributed by atoms with Gasteiger partial charge in [0.1, 0.15) is 29.0 Å². The summed E-state index contributed by atoms with van der Waals surface area (Å²) in [5.74, 6) is 1.39. The fraction of sp³-hybridized carbons (Fsp3) is 0.227. The van der Waals surface area contributed by atoms with Gasteiger partial charge in [-0.1, -0.05) is 23.4 Å². The minimum atomic E-state index is -0.162. The van der Waals surface area contributed by atoms with Crippen LogP contribution in [-0.4, -0.2) is 53.6 Å². The number of nitrogens with zero attached hydrogens (tertiary/aromatic N) is 6. The van der Waals surface area contributed by atoms with Gasteiger partial charge in [-0.25, -0.2) is 14.6 Å². The molecule has 6 rings (SSSR count). The summed E-state index contributed by atoms with van der Waals surface area (Å²) in [5.41, 5.74) is 10.0. The van der Waals surface area contributed by atoms with Crippen molar-refractivity contribution in [3.05, 3.63) is 60.4 Å². The van der Waals surface area contributed by atoms with Crippen LogP contribution >= 0.6 is 0 Å². The van der Waals surface area contributed by atoms with Gasteiger partial charge in [0.05, 0.1) is 5.69 Å². The number of hydrogen-bond donors (Lipinski definition) is 2. The summed E-state index contributed by atoms with van der Waals surface area (Å²) in [6, 6.07) is 10.2. The number of fused-ring (bicyclic) bond motifs is 2. The number of aromatic nitrogens is 6. The molecule has 1 aliphatic heterocycles. The highest BCUT2D eigenvalue weighted by Crippen LogP contribution is 2.35. The molecular formula is C22H20N8O2. The standard InChI is InChI=1S/C22H20N8O2/c23-20-19-18(16-11-14-3-1-2-4-15(14)26-16)27-21(30(19)10-7-24-20)13-5-8-29(9-6-13)22(31)17-12-25-32-28-17/h1-4,7,10-13,26H,5-6,8-9H2,(H2,23,24). The summed E-state index contributed by atoms with van der Waals surface area (Å²) >= 11 is 0. The number of hydrogen-bond acceptors (Lipinski definition) is 7. The molecule has 5 heterocycles. The van der Waals surface area contributed by atoms with Gasteiger partial charge in [0, 0.05) is 42.3 Å². The van der Waals surface area contributed by atoms with Crippen LogP contribution in [0.5, 0.6) is 0 Å². The van der Waals surface area contributed by atoms with Crippen molar-refractivity contribution in [1.29, 1.82) is 0 Å². The van der Waals surface area contributed by atoms with E-state index in [0.717, 1.165) is 46.5 Å². The van der Waals surface area contributed by atoms with E-state index in [1.165, 1.54) is 6.20 Å². The Morgan fingerprint density at radius 3 is 2.84 bits per heavy atom. The van der Waals surface area contributed by atoms with Crippen molar-refractivity contribution in [3.63, 3.8) is 0 Å². The predicted octanol–water partition coefficient (Wildman–Crippen LogP) is 2.86. The van der Waals surface area contributed by atoms with Crippen LogP contribution in [0.2, 0.25) is 0 Å². The van der Waals surface area contributed by atoms with Crippen molar-refractivity contribution in [1.82, 2.24) is 34.6 Å². The summed E-state index contributed by atoms with van der Waals surface area (Å²) in [6.07, 6.45) is 6.51. The van der Waals surface area contributed by atoms with Gasteiger partial charge in [-0.05, 0) is 30.1 Å². The Balaban J connectivity index is 1.35. The van der Waals surface area contributed by atoms with E-state index in [4.69, 9.17) is 10.7 Å². The van der Waals surface area contributed by atoms with Crippen LogP contribution in [0.1, 0.15) is 35.1 Å². The zero-order valence-corrected chi connectivity index (χ0v) is 17.1. The molecule has 0 spiro atoms. The maximum atomic E-state index is 12.5. The lowest BCUT2D eigenvalue weighted by Gasteiger charge is -2.30. The lowest BCUT2D eigenvalue weighted by atomic mass is 9.96. The van der Waals surface area contributed by atoms with Crippen molar-refractivity contribution < 1.29 is 9.42 Å². The molecule has 0 atom stereocenters. The maximum absolute atomic E-state index is 12.5. The molecule has 3 N–H and O–H groups in total. The molecule has 4 aromatic heterocycles. The predicted molar refractivity (Wildman–Crippen MR) is 117 cm³/mol. The van der Waals surface area contributed by atoms with Crippen molar-refractivity contribution in [2.24, 2.45) is 0 Å². The van der Waals surface area contributed by atoms with E-state index in [1.807, 2.05) is 28.8 Å². The van der Waals surface area contributed by atoms with Crippen LogP contribution in [0.3, 0.4) is 0 Å². The summed E-state index contributed by atoms with van der Waals surface area (Å²) < 4.78 is 6.60. The van der Waals surface area contributed by atoms with Crippen LogP contribution in [0.25, 0.3) is 27.8 Å². The Kier molecular flexibility index (Phi) is 4.17. The molecule has 10 nitrogen and oxygen atoms in total. The molecule has 1 aromatic carbocycles. The summed E-state index contributed by atoms with van der Waals surface area (Å²) in [4.78, 5) is 27.1. The van der Waals surface area contributed by atoms with Crippen molar-refractivity contribution in [2.75, 3.05) is 18.8 Å². The minimum absolute atomic E-state index is 0.162. The zero-order chi connectivity index (χ0) is 21.7. The van der Waals surface area contributed by atoms with E-state index >= 15 is 0 Å². The smallest absolute Gasteiger partial charge is 0.277 e. The molecule has 0 unspecified atom stereocenters. The second kappa shape index (κ2) is 7.19. The Morgan fingerprint density at radius 2 is 2.06 bits per heavy atom. The first-order chi connectivity index (χ1) is 15.7. The normalized spacial score (nSPS) is 15.1. The average Bonchev–Trinajstić information content (AvgIpc) is 3.57. The SMILES string of the molecule is Nc1nccn2c(C3CCN(C(=O)c4cnon4)CC3)nc(-c3cc4ccccc4[nH]3)c12. The van der Waals surface area contributed by atoms with Crippen LogP contribution in [0.15, 0.2) is 53.6 Å². The number of aromatic amines is 1. The number of H-pyrrole nitrogens is 1. The number of piperidine rings is 1. The number of para-hydroxylation sites is 1. The Labute approximate surface area is 182 Å². The summed E-state index contributed by atoms with van der Waals surface area (Å²) in [6.45, 7) is 1.21. The third kappa shape index (κ3) is 2.91. The van der Waals surface area contributed by atoms with Gasteiger partial charge in [0.2, 0.25) is 0 Å². The number of rotatable bonds is 3. The highest BCUT2D eigenvalue weighted by molar-refractivity contribution is 5.92. The molecular weight excluding hydrogens is 408 g/mol. The quantitative estimate of drug-likeness (QED) is 0.452. The van der Waals surface area contributed by atoms with E-state index in [9.17, 15) is 4.79 Å². The van der Waals surface area contributed by atoms with Crippen molar-refractivity contribution in [3.8, 4) is 11.4 Å². The number of anilines is 1. The minimum Gasteiger partial charge on any atom is -0.382 e. The number of imidazole rings is 1. The molecule has 1 saturated heterocycles. The lowest BCUT2D eigenvalue weighted by Crippen LogP contribution is -2.38. The third-order valence-corrected chi connectivity index (χ3v) is 6.12. The van der Waals surface area contributed by atoms with Gasteiger partial charge in [0.25, 0.3) is 5.91 Å². The van der Waals surface area contributed by atoms with Gasteiger partial charge in [0.15, 0.2) is 5.69 Å². The van der Waals surface area contributed by atoms with Crippen molar-refractivity contribution >= 4 is 28.1 Å². The number of carbonyl (C=O) groups excluding carboxylic acids is 1. The molecule has 1 aliphatic rings. The van der Waals surface area contributed by atoms with E-state index in [-0.39, 0.29) is 17.5 Å². The molecule has 32 heavy (non-hydrogen) atoms. The number of nitrogens with two attached hydrogens (primary N) is 1. The number of amides is 1. The molecule has 5 aromatic rings. The summed E-state index contributed by atoms with van der Waals surface area (Å²) in [5, 5.41) is 8.29. The lowest BCUT2D eigenvalue weighted by molar-refractivity contribution is 0.0699. The highest BCUT2D eigenvalue weighted by atomic mass is 16.6. The third-order valence-electron chi connectivity index (χ3n) is 6.12. The second-order valence-electron chi connectivity index (χ2n) is 7.98. The molecule has 0 radical (unpaired) electrons. The number of likely N-dealkylation sites (tertiary alicyclic amines) is 1. The van der Waals surface area contributed by atoms with Crippen LogP contribution in [0, 0.1) is 0 Å². The number of carbonyl (C=O) groups is 1.